The molecule has 0 atom stereocenters. The zero-order valence-corrected chi connectivity index (χ0v) is 23.3. The highest BCUT2D eigenvalue weighted by Crippen LogP contribution is 2.31. The van der Waals surface area contributed by atoms with Crippen molar-refractivity contribution in [3.8, 4) is 11.1 Å². The lowest BCUT2D eigenvalue weighted by Gasteiger charge is -2.20. The monoisotopic (exact) mass is 523 g/mol. The van der Waals surface area contributed by atoms with Crippen molar-refractivity contribution in [2.75, 3.05) is 5.32 Å². The van der Waals surface area contributed by atoms with Gasteiger partial charge in [-0.05, 0) is 81.0 Å². The van der Waals surface area contributed by atoms with Gasteiger partial charge in [0.05, 0.1) is 16.6 Å². The van der Waals surface area contributed by atoms with Crippen LogP contribution in [0.1, 0.15) is 75.1 Å². The molecule has 1 heterocycles. The summed E-state index contributed by atoms with van der Waals surface area (Å²) in [7, 11) is 0. The van der Waals surface area contributed by atoms with Crippen molar-refractivity contribution in [2.45, 2.75) is 71.9 Å². The number of benzene rings is 3. The lowest BCUT2D eigenvalue weighted by molar-refractivity contribution is -0.117. The fraction of sp³-hybridized carbons (Fsp3) is 0.364. The van der Waals surface area contributed by atoms with Gasteiger partial charge in [0.1, 0.15) is 11.4 Å². The summed E-state index contributed by atoms with van der Waals surface area (Å²) >= 11 is 0. The maximum atomic E-state index is 12.9. The Kier molecular flexibility index (Phi) is 7.56. The summed E-state index contributed by atoms with van der Waals surface area (Å²) < 4.78 is 7.91. The van der Waals surface area contributed by atoms with Crippen LogP contribution in [0, 0.1) is 5.92 Å². The van der Waals surface area contributed by atoms with Crippen LogP contribution in [0.25, 0.3) is 22.2 Å². The Bertz CT molecular complexity index is 1490. The van der Waals surface area contributed by atoms with Gasteiger partial charge in [0, 0.05) is 24.6 Å². The Labute approximate surface area is 230 Å². The van der Waals surface area contributed by atoms with Crippen molar-refractivity contribution in [1.82, 2.24) is 9.55 Å². The number of hydrogen-bond acceptors (Lipinski definition) is 4. The van der Waals surface area contributed by atoms with Crippen molar-refractivity contribution in [3.05, 3.63) is 83.7 Å². The number of aromatic nitrogens is 2. The molecule has 0 aliphatic heterocycles. The molecule has 4 aromatic rings. The molecule has 5 rings (SSSR count). The van der Waals surface area contributed by atoms with E-state index in [2.05, 4.69) is 41.1 Å². The second-order valence-electron chi connectivity index (χ2n) is 11.4. The van der Waals surface area contributed by atoms with Crippen LogP contribution in [-0.4, -0.2) is 27.0 Å². The van der Waals surface area contributed by atoms with E-state index in [-0.39, 0.29) is 17.8 Å². The summed E-state index contributed by atoms with van der Waals surface area (Å²) in [6.07, 6.45) is 5.01. The largest absolute Gasteiger partial charge is 0.456 e. The predicted octanol–water partition coefficient (Wildman–Crippen LogP) is 7.40. The normalized spacial score (nSPS) is 13.4. The van der Waals surface area contributed by atoms with Gasteiger partial charge in [-0.15, -0.1) is 0 Å². The first-order chi connectivity index (χ1) is 18.7. The third-order valence-corrected chi connectivity index (χ3v) is 6.95. The molecule has 0 spiro atoms. The Morgan fingerprint density at radius 2 is 1.77 bits per heavy atom. The molecule has 39 heavy (non-hydrogen) atoms. The van der Waals surface area contributed by atoms with Crippen molar-refractivity contribution in [3.63, 3.8) is 0 Å². The average molecular weight is 524 g/mol. The standard InChI is InChI=1S/C33H37N3O3/c1-5-6-11-30-35-28-19-18-25(34-31(37)24-16-17-24)20-29(28)36(30)21-22-12-14-23(15-13-22)26-9-7-8-10-27(26)32(38)39-33(2,3)4/h7-10,12-15,18-20,24H,5-6,11,16-17,21H2,1-4H3,(H,34,37). The first-order valence-corrected chi connectivity index (χ1v) is 13.9. The number of rotatable bonds is 9. The molecule has 3 aromatic carbocycles. The Morgan fingerprint density at radius 3 is 2.46 bits per heavy atom. The molecule has 1 aliphatic rings. The molecular weight excluding hydrogens is 486 g/mol. The number of fused-ring (bicyclic) bond motifs is 1. The number of amides is 1. The number of ether oxygens (including phenoxy) is 1. The molecule has 1 fully saturated rings. The molecule has 0 radical (unpaired) electrons. The molecule has 0 bridgehead atoms. The van der Waals surface area contributed by atoms with E-state index in [4.69, 9.17) is 9.72 Å². The molecule has 1 aromatic heterocycles. The Morgan fingerprint density at radius 1 is 1.03 bits per heavy atom. The minimum Gasteiger partial charge on any atom is -0.456 e. The topological polar surface area (TPSA) is 73.2 Å². The van der Waals surface area contributed by atoms with Gasteiger partial charge in [0.2, 0.25) is 5.91 Å². The van der Waals surface area contributed by atoms with Crippen molar-refractivity contribution >= 4 is 28.6 Å². The van der Waals surface area contributed by atoms with E-state index < -0.39 is 5.60 Å². The lowest BCUT2D eigenvalue weighted by atomic mass is 9.98. The second kappa shape index (κ2) is 11.0. The minimum atomic E-state index is -0.558. The SMILES string of the molecule is CCCCc1nc2ccc(NC(=O)C3CC3)cc2n1Cc1ccc(-c2ccccc2C(=O)OC(C)(C)C)cc1. The van der Waals surface area contributed by atoms with Gasteiger partial charge in [-0.25, -0.2) is 9.78 Å². The number of anilines is 1. The summed E-state index contributed by atoms with van der Waals surface area (Å²) in [5, 5.41) is 3.08. The van der Waals surface area contributed by atoms with E-state index in [0.29, 0.717) is 12.1 Å². The fourth-order valence-electron chi connectivity index (χ4n) is 4.76. The third-order valence-electron chi connectivity index (χ3n) is 6.95. The summed E-state index contributed by atoms with van der Waals surface area (Å²) in [5.74, 6) is 0.993. The maximum absolute atomic E-state index is 12.9. The molecule has 6 nitrogen and oxygen atoms in total. The van der Waals surface area contributed by atoms with E-state index in [1.54, 1.807) is 0 Å². The highest BCUT2D eigenvalue weighted by atomic mass is 16.6. The number of imidazole rings is 1. The molecule has 0 unspecified atom stereocenters. The van der Waals surface area contributed by atoms with Crippen LogP contribution in [0.15, 0.2) is 66.7 Å². The van der Waals surface area contributed by atoms with Gasteiger partial charge in [-0.1, -0.05) is 55.8 Å². The first kappa shape index (κ1) is 26.7. The number of esters is 1. The molecule has 6 heteroatoms. The fourth-order valence-corrected chi connectivity index (χ4v) is 4.76. The van der Waals surface area contributed by atoms with Gasteiger partial charge in [-0.3, -0.25) is 4.79 Å². The van der Waals surface area contributed by atoms with Crippen LogP contribution < -0.4 is 5.32 Å². The van der Waals surface area contributed by atoms with Gasteiger partial charge < -0.3 is 14.6 Å². The van der Waals surface area contributed by atoms with Crippen LogP contribution >= 0.6 is 0 Å². The number of carbonyl (C=O) groups is 2. The number of unbranched alkanes of at least 4 members (excludes halogenated alkanes) is 1. The quantitative estimate of drug-likeness (QED) is 0.232. The van der Waals surface area contributed by atoms with E-state index in [9.17, 15) is 9.59 Å². The number of aryl methyl sites for hydroxylation is 1. The number of carbonyl (C=O) groups excluding carboxylic acids is 2. The molecule has 1 saturated carbocycles. The van der Waals surface area contributed by atoms with Crippen LogP contribution in [0.2, 0.25) is 0 Å². The molecular formula is C33H37N3O3. The first-order valence-electron chi connectivity index (χ1n) is 13.9. The van der Waals surface area contributed by atoms with E-state index in [1.165, 1.54) is 0 Å². The zero-order valence-electron chi connectivity index (χ0n) is 23.3. The summed E-state index contributed by atoms with van der Waals surface area (Å²) in [5.41, 5.74) is 5.73. The van der Waals surface area contributed by atoms with E-state index in [0.717, 1.165) is 71.3 Å². The third kappa shape index (κ3) is 6.39. The maximum Gasteiger partial charge on any atom is 0.339 e. The van der Waals surface area contributed by atoms with Crippen LogP contribution in [0.3, 0.4) is 0 Å². The minimum absolute atomic E-state index is 0.105. The Hall–Kier alpha value is -3.93. The smallest absolute Gasteiger partial charge is 0.339 e. The average Bonchev–Trinajstić information content (AvgIpc) is 3.71. The van der Waals surface area contributed by atoms with Gasteiger partial charge >= 0.3 is 5.97 Å². The molecule has 1 amide bonds. The number of nitrogens with zero attached hydrogens (tertiary/aromatic N) is 2. The second-order valence-corrected chi connectivity index (χ2v) is 11.4. The van der Waals surface area contributed by atoms with Crippen molar-refractivity contribution in [2.24, 2.45) is 5.92 Å². The van der Waals surface area contributed by atoms with Crippen LogP contribution in [-0.2, 0) is 22.5 Å². The van der Waals surface area contributed by atoms with Crippen LogP contribution in [0.5, 0.6) is 0 Å². The summed E-state index contributed by atoms with van der Waals surface area (Å²) in [4.78, 5) is 30.1. The summed E-state index contributed by atoms with van der Waals surface area (Å²) in [6, 6.07) is 21.9. The molecule has 1 aliphatic carbocycles. The van der Waals surface area contributed by atoms with Gasteiger partial charge in [0.15, 0.2) is 0 Å². The van der Waals surface area contributed by atoms with E-state index in [1.807, 2.05) is 63.2 Å². The Balaban J connectivity index is 1.43. The molecule has 202 valence electrons. The molecule has 0 saturated heterocycles. The molecule has 1 N–H and O–H groups in total. The van der Waals surface area contributed by atoms with Crippen LogP contribution in [0.4, 0.5) is 5.69 Å². The highest BCUT2D eigenvalue weighted by Gasteiger charge is 2.29. The van der Waals surface area contributed by atoms with Crippen molar-refractivity contribution < 1.29 is 14.3 Å². The number of hydrogen-bond donors (Lipinski definition) is 1. The highest BCUT2D eigenvalue weighted by molar-refractivity contribution is 5.97. The van der Waals surface area contributed by atoms with Gasteiger partial charge in [0.25, 0.3) is 0 Å². The summed E-state index contributed by atoms with van der Waals surface area (Å²) in [6.45, 7) is 8.48. The van der Waals surface area contributed by atoms with Crippen molar-refractivity contribution in [1.29, 1.82) is 0 Å². The zero-order chi connectivity index (χ0) is 27.6. The number of nitrogens with one attached hydrogen (secondary N) is 1. The predicted molar refractivity (Wildman–Crippen MR) is 156 cm³/mol. The lowest BCUT2D eigenvalue weighted by Crippen LogP contribution is -2.24. The van der Waals surface area contributed by atoms with E-state index >= 15 is 0 Å². The van der Waals surface area contributed by atoms with Gasteiger partial charge in [-0.2, -0.15) is 0 Å².